The van der Waals surface area contributed by atoms with Crippen LogP contribution >= 0.6 is 15.9 Å². The Morgan fingerprint density at radius 2 is 2.00 bits per heavy atom. The van der Waals surface area contributed by atoms with Gasteiger partial charge in [-0.3, -0.25) is 0 Å². The molecule has 3 nitrogen and oxygen atoms in total. The van der Waals surface area contributed by atoms with Gasteiger partial charge in [0.2, 0.25) is 0 Å². The van der Waals surface area contributed by atoms with Crippen LogP contribution in [-0.2, 0) is 9.73 Å². The number of ether oxygens (including phenoxy) is 1. The molecule has 1 aromatic carbocycles. The molecule has 0 aliphatic carbocycles. The Morgan fingerprint density at radius 3 is 2.50 bits per heavy atom. The van der Waals surface area contributed by atoms with Crippen LogP contribution in [0.4, 0.5) is 18.9 Å². The molecule has 100 valence electrons. The minimum Gasteiger partial charge on any atom is -0.403 e. The Morgan fingerprint density at radius 1 is 1.33 bits per heavy atom. The average Bonchev–Trinajstić information content (AvgIpc) is 2.17. The van der Waals surface area contributed by atoms with Crippen molar-refractivity contribution in [3.8, 4) is 5.75 Å². The fraction of sp³-hybridized carbons (Fsp3) is 0.400. The van der Waals surface area contributed by atoms with Gasteiger partial charge in [-0.1, -0.05) is 15.9 Å². The maximum atomic E-state index is 12.2. The van der Waals surface area contributed by atoms with Crippen LogP contribution in [-0.4, -0.2) is 22.1 Å². The van der Waals surface area contributed by atoms with E-state index in [4.69, 9.17) is 0 Å². The van der Waals surface area contributed by atoms with Crippen molar-refractivity contribution in [1.29, 1.82) is 0 Å². The molecule has 0 saturated carbocycles. The molecule has 0 atom stereocenters. The smallest absolute Gasteiger partial charge is 0.403 e. The van der Waals surface area contributed by atoms with Crippen molar-refractivity contribution in [2.24, 2.45) is 4.36 Å². The Hall–Kier alpha value is -0.760. The van der Waals surface area contributed by atoms with E-state index in [1.165, 1.54) is 12.1 Å². The van der Waals surface area contributed by atoms with Crippen molar-refractivity contribution >= 4 is 31.3 Å². The van der Waals surface area contributed by atoms with E-state index in [0.29, 0.717) is 16.0 Å². The first kappa shape index (κ1) is 13.7. The summed E-state index contributed by atoms with van der Waals surface area (Å²) in [5.74, 6) is 0.412. The van der Waals surface area contributed by atoms with Crippen molar-refractivity contribution in [1.82, 2.24) is 0 Å². The Bertz CT molecular complexity index is 569. The summed E-state index contributed by atoms with van der Waals surface area (Å²) in [4.78, 5) is 0. The summed E-state index contributed by atoms with van der Waals surface area (Å²) >= 11 is 3.05. The number of nitrogens with zero attached hydrogens (tertiary/aromatic N) is 1. The van der Waals surface area contributed by atoms with E-state index in [0.717, 1.165) is 12.5 Å². The molecular formula is C10H9BrF3NO2S. The zero-order chi connectivity index (χ0) is 13.4. The highest BCUT2D eigenvalue weighted by Gasteiger charge is 2.32. The summed E-state index contributed by atoms with van der Waals surface area (Å²) in [5.41, 5.74) is -0.0276. The van der Waals surface area contributed by atoms with Gasteiger partial charge in [-0.25, -0.2) is 4.21 Å². The highest BCUT2D eigenvalue weighted by Crippen LogP contribution is 2.36. The summed E-state index contributed by atoms with van der Waals surface area (Å²) in [6, 6.07) is 4.05. The van der Waals surface area contributed by atoms with E-state index in [1.54, 1.807) is 0 Å². The SMILES string of the molecule is O=S1(=Nc2ccc(Br)cc2OC(F)(F)F)CCC1. The monoisotopic (exact) mass is 343 g/mol. The number of rotatable bonds is 2. The maximum Gasteiger partial charge on any atom is 0.573 e. The lowest BCUT2D eigenvalue weighted by Gasteiger charge is -2.19. The minimum atomic E-state index is -4.80. The van der Waals surface area contributed by atoms with Crippen molar-refractivity contribution in [3.05, 3.63) is 22.7 Å². The quantitative estimate of drug-likeness (QED) is 0.817. The van der Waals surface area contributed by atoms with Crippen LogP contribution in [0.1, 0.15) is 6.42 Å². The number of benzene rings is 1. The van der Waals surface area contributed by atoms with Gasteiger partial charge in [0.05, 0.1) is 9.73 Å². The normalized spacial score (nSPS) is 18.0. The zero-order valence-corrected chi connectivity index (χ0v) is 11.4. The molecule has 0 N–H and O–H groups in total. The average molecular weight is 344 g/mol. The molecule has 2 rings (SSSR count). The molecule has 1 heterocycles. The second-order valence-electron chi connectivity index (χ2n) is 3.79. The third kappa shape index (κ3) is 3.38. The van der Waals surface area contributed by atoms with Crippen LogP contribution in [0.25, 0.3) is 0 Å². The fourth-order valence-corrected chi connectivity index (χ4v) is 3.25. The number of hydrogen-bond acceptors (Lipinski definition) is 3. The van der Waals surface area contributed by atoms with Crippen molar-refractivity contribution in [2.45, 2.75) is 12.8 Å². The molecule has 0 spiro atoms. The number of alkyl halides is 3. The predicted octanol–water partition coefficient (Wildman–Crippen LogP) is 3.85. The predicted molar refractivity (Wildman–Crippen MR) is 65.4 cm³/mol. The van der Waals surface area contributed by atoms with Crippen LogP contribution in [0.2, 0.25) is 0 Å². The lowest BCUT2D eigenvalue weighted by molar-refractivity contribution is -0.274. The molecule has 18 heavy (non-hydrogen) atoms. The highest BCUT2D eigenvalue weighted by atomic mass is 79.9. The second kappa shape index (κ2) is 4.73. The van der Waals surface area contributed by atoms with E-state index in [9.17, 15) is 17.4 Å². The molecule has 8 heteroatoms. The highest BCUT2D eigenvalue weighted by molar-refractivity contribution is 9.10. The Labute approximate surface area is 111 Å². The van der Waals surface area contributed by atoms with Gasteiger partial charge in [-0.2, -0.15) is 4.36 Å². The van der Waals surface area contributed by atoms with Crippen LogP contribution in [0.15, 0.2) is 27.0 Å². The van der Waals surface area contributed by atoms with Crippen LogP contribution in [0.5, 0.6) is 5.75 Å². The number of halogens is 4. The van der Waals surface area contributed by atoms with Crippen molar-refractivity contribution < 1.29 is 22.1 Å². The molecular weight excluding hydrogens is 335 g/mol. The molecule has 0 bridgehead atoms. The molecule has 1 aromatic rings. The second-order valence-corrected chi connectivity index (χ2v) is 7.25. The topological polar surface area (TPSA) is 38.7 Å². The fourth-order valence-electron chi connectivity index (χ4n) is 1.43. The van der Waals surface area contributed by atoms with Gasteiger partial charge < -0.3 is 4.74 Å². The lowest BCUT2D eigenvalue weighted by atomic mass is 10.3. The summed E-state index contributed by atoms with van der Waals surface area (Å²) in [7, 11) is -2.37. The van der Waals surface area contributed by atoms with Gasteiger partial charge >= 0.3 is 6.36 Å². The van der Waals surface area contributed by atoms with Gasteiger partial charge in [0.15, 0.2) is 5.75 Å². The summed E-state index contributed by atoms with van der Waals surface area (Å²) in [6.45, 7) is 0. The molecule has 0 unspecified atom stereocenters. The van der Waals surface area contributed by atoms with Gasteiger partial charge in [0, 0.05) is 16.0 Å². The number of hydrogen-bond donors (Lipinski definition) is 0. The minimum absolute atomic E-state index is 0.0276. The lowest BCUT2D eigenvalue weighted by Crippen LogP contribution is -2.23. The van der Waals surface area contributed by atoms with Crippen molar-refractivity contribution in [2.75, 3.05) is 11.5 Å². The summed E-state index contributed by atoms with van der Waals surface area (Å²) in [5, 5.41) is 0. The van der Waals surface area contributed by atoms with Gasteiger partial charge in [0.25, 0.3) is 0 Å². The van der Waals surface area contributed by atoms with Crippen LogP contribution in [0, 0.1) is 0 Å². The molecule has 1 fully saturated rings. The third-order valence-corrected chi connectivity index (χ3v) is 5.21. The maximum absolute atomic E-state index is 12.2. The van der Waals surface area contributed by atoms with Crippen LogP contribution < -0.4 is 4.74 Å². The van der Waals surface area contributed by atoms with Crippen molar-refractivity contribution in [3.63, 3.8) is 0 Å². The van der Waals surface area contributed by atoms with Gasteiger partial charge in [-0.15, -0.1) is 13.2 Å². The zero-order valence-electron chi connectivity index (χ0n) is 9.04. The first-order valence-electron chi connectivity index (χ1n) is 5.05. The first-order chi connectivity index (χ1) is 8.27. The Balaban J connectivity index is 2.41. The summed E-state index contributed by atoms with van der Waals surface area (Å²) in [6.07, 6.45) is -4.01. The molecule has 0 amide bonds. The molecule has 1 aliphatic rings. The Kier molecular flexibility index (Phi) is 3.59. The van der Waals surface area contributed by atoms with E-state index < -0.39 is 21.8 Å². The van der Waals surface area contributed by atoms with Gasteiger partial charge in [-0.05, 0) is 24.6 Å². The van der Waals surface area contributed by atoms with Crippen LogP contribution in [0.3, 0.4) is 0 Å². The van der Waals surface area contributed by atoms with E-state index >= 15 is 0 Å². The third-order valence-electron chi connectivity index (χ3n) is 2.34. The molecule has 1 aliphatic heterocycles. The van der Waals surface area contributed by atoms with Gasteiger partial charge in [0.1, 0.15) is 5.69 Å². The van der Waals surface area contributed by atoms with E-state index in [2.05, 4.69) is 25.0 Å². The molecule has 0 radical (unpaired) electrons. The molecule has 0 aromatic heterocycles. The molecule has 1 saturated heterocycles. The van der Waals surface area contributed by atoms with E-state index in [-0.39, 0.29) is 5.69 Å². The summed E-state index contributed by atoms with van der Waals surface area (Å²) < 4.78 is 56.8. The first-order valence-corrected chi connectivity index (χ1v) is 7.70. The largest absolute Gasteiger partial charge is 0.573 e. The standard InChI is InChI=1S/C10H9BrF3NO2S/c11-7-2-3-8(15-18(16)4-1-5-18)9(6-7)17-10(12,13)14/h2-3,6H,1,4-5H2. The van der Waals surface area contributed by atoms with E-state index in [1.807, 2.05) is 0 Å².